The van der Waals surface area contributed by atoms with Gasteiger partial charge in [-0.15, -0.1) is 0 Å². The number of nitrogens with one attached hydrogen (secondary N) is 1. The Balaban J connectivity index is 1.52. The van der Waals surface area contributed by atoms with E-state index < -0.39 is 0 Å². The van der Waals surface area contributed by atoms with Gasteiger partial charge in [0.2, 0.25) is 5.91 Å². The Hall–Kier alpha value is -2.41. The summed E-state index contributed by atoms with van der Waals surface area (Å²) in [6.07, 6.45) is 10.7. The standard InChI is InChI=1S/C26H39N5O2/c1-18(32)28-17-24-23(16-29-33)22-6-5-13-27-25(22)31(24)21-11-14-30(15-12-21)20-9-7-19(8-10-20)26(2,3)4/h5-6,13,16,19-21,33H,7-12,14-15,17H2,1-4H3,(H,28,32). The molecule has 2 fully saturated rings. The molecule has 0 radical (unpaired) electrons. The van der Waals surface area contributed by atoms with E-state index in [0.29, 0.717) is 24.0 Å². The number of carbonyl (C=O) groups excluding carboxylic acids is 1. The molecule has 2 aliphatic rings. The van der Waals surface area contributed by atoms with Crippen molar-refractivity contribution in [2.75, 3.05) is 13.1 Å². The lowest BCUT2D eigenvalue weighted by atomic mass is 9.71. The summed E-state index contributed by atoms with van der Waals surface area (Å²) in [5.41, 5.74) is 3.11. The van der Waals surface area contributed by atoms with Crippen LogP contribution in [-0.4, -0.2) is 50.9 Å². The molecule has 1 saturated heterocycles. The summed E-state index contributed by atoms with van der Waals surface area (Å²) < 4.78 is 2.29. The molecule has 7 nitrogen and oxygen atoms in total. The number of amides is 1. The molecule has 1 amide bonds. The summed E-state index contributed by atoms with van der Waals surface area (Å²) in [6, 6.07) is 4.94. The van der Waals surface area contributed by atoms with Crippen LogP contribution in [0.5, 0.6) is 0 Å². The van der Waals surface area contributed by atoms with E-state index in [1.807, 2.05) is 18.3 Å². The average Bonchev–Trinajstić information content (AvgIpc) is 3.11. The topological polar surface area (TPSA) is 82.7 Å². The summed E-state index contributed by atoms with van der Waals surface area (Å²) in [5, 5.41) is 16.5. The zero-order valence-corrected chi connectivity index (χ0v) is 20.5. The van der Waals surface area contributed by atoms with E-state index in [9.17, 15) is 10.0 Å². The Kier molecular flexibility index (Phi) is 7.07. The van der Waals surface area contributed by atoms with Gasteiger partial charge in [0.15, 0.2) is 0 Å². The third-order valence-electron chi connectivity index (χ3n) is 7.90. The minimum absolute atomic E-state index is 0.0765. The highest BCUT2D eigenvalue weighted by Gasteiger charge is 2.34. The number of carbonyl (C=O) groups is 1. The Bertz CT molecular complexity index is 990. The largest absolute Gasteiger partial charge is 0.411 e. The Morgan fingerprint density at radius 1 is 1.18 bits per heavy atom. The van der Waals surface area contributed by atoms with Crippen molar-refractivity contribution in [3.05, 3.63) is 29.6 Å². The number of likely N-dealkylation sites (tertiary alicyclic amines) is 1. The SMILES string of the molecule is CC(=O)NCc1c(C=NO)c2cccnc2n1C1CCN(C2CCC(C(C)(C)C)CC2)CC1. The van der Waals surface area contributed by atoms with Crippen molar-refractivity contribution in [3.8, 4) is 0 Å². The highest BCUT2D eigenvalue weighted by atomic mass is 16.4. The highest BCUT2D eigenvalue weighted by Crippen LogP contribution is 2.40. The maximum absolute atomic E-state index is 11.7. The maximum Gasteiger partial charge on any atom is 0.217 e. The first-order valence-corrected chi connectivity index (χ1v) is 12.4. The van der Waals surface area contributed by atoms with Gasteiger partial charge in [-0.2, -0.15) is 0 Å². The van der Waals surface area contributed by atoms with E-state index in [0.717, 1.165) is 54.1 Å². The molecule has 7 heteroatoms. The number of rotatable bonds is 5. The van der Waals surface area contributed by atoms with Crippen LogP contribution in [0.25, 0.3) is 11.0 Å². The zero-order valence-electron chi connectivity index (χ0n) is 20.5. The van der Waals surface area contributed by atoms with Crippen LogP contribution in [0.3, 0.4) is 0 Å². The number of oxime groups is 1. The lowest BCUT2D eigenvalue weighted by molar-refractivity contribution is -0.119. The second-order valence-corrected chi connectivity index (χ2v) is 10.9. The summed E-state index contributed by atoms with van der Waals surface area (Å²) >= 11 is 0. The molecule has 3 heterocycles. The quantitative estimate of drug-likeness (QED) is 0.390. The van der Waals surface area contributed by atoms with Gasteiger partial charge in [-0.05, 0) is 62.0 Å². The van der Waals surface area contributed by atoms with Gasteiger partial charge >= 0.3 is 0 Å². The molecule has 180 valence electrons. The fourth-order valence-electron chi connectivity index (χ4n) is 6.01. The normalized spacial score (nSPS) is 23.4. The number of pyridine rings is 1. The van der Waals surface area contributed by atoms with Gasteiger partial charge in [0.1, 0.15) is 5.65 Å². The van der Waals surface area contributed by atoms with Crippen LogP contribution in [0.1, 0.15) is 83.5 Å². The molecule has 1 aliphatic carbocycles. The molecule has 0 bridgehead atoms. The molecule has 4 rings (SSSR count). The van der Waals surface area contributed by atoms with E-state index in [1.165, 1.54) is 38.8 Å². The van der Waals surface area contributed by atoms with Crippen molar-refractivity contribution in [3.63, 3.8) is 0 Å². The van der Waals surface area contributed by atoms with Crippen molar-refractivity contribution >= 4 is 23.2 Å². The first-order chi connectivity index (χ1) is 15.8. The number of hydrogen-bond acceptors (Lipinski definition) is 5. The number of nitrogens with zero attached hydrogens (tertiary/aromatic N) is 4. The number of piperidine rings is 1. The van der Waals surface area contributed by atoms with Crippen molar-refractivity contribution in [1.82, 2.24) is 19.8 Å². The van der Waals surface area contributed by atoms with Gasteiger partial charge in [0.25, 0.3) is 0 Å². The van der Waals surface area contributed by atoms with E-state index >= 15 is 0 Å². The smallest absolute Gasteiger partial charge is 0.217 e. The van der Waals surface area contributed by atoms with Gasteiger partial charge in [-0.3, -0.25) is 4.79 Å². The molecule has 0 unspecified atom stereocenters. The zero-order chi connectivity index (χ0) is 23.6. The van der Waals surface area contributed by atoms with E-state index in [2.05, 4.69) is 45.7 Å². The van der Waals surface area contributed by atoms with Crippen LogP contribution in [0.2, 0.25) is 0 Å². The molecular weight excluding hydrogens is 414 g/mol. The van der Waals surface area contributed by atoms with Gasteiger partial charge in [0.05, 0.1) is 12.8 Å². The van der Waals surface area contributed by atoms with Crippen molar-refractivity contribution in [1.29, 1.82) is 0 Å². The molecule has 0 aromatic carbocycles. The Labute approximate surface area is 197 Å². The van der Waals surface area contributed by atoms with E-state index in [4.69, 9.17) is 0 Å². The van der Waals surface area contributed by atoms with Crippen molar-refractivity contribution in [2.45, 2.75) is 84.8 Å². The number of hydrogen-bond donors (Lipinski definition) is 2. The van der Waals surface area contributed by atoms with Gasteiger partial charge in [0, 0.05) is 54.9 Å². The lowest BCUT2D eigenvalue weighted by Gasteiger charge is -2.43. The van der Waals surface area contributed by atoms with Crippen LogP contribution in [0.4, 0.5) is 0 Å². The highest BCUT2D eigenvalue weighted by molar-refractivity contribution is 5.99. The lowest BCUT2D eigenvalue weighted by Crippen LogP contribution is -2.44. The number of fused-ring (bicyclic) bond motifs is 1. The second-order valence-electron chi connectivity index (χ2n) is 10.9. The van der Waals surface area contributed by atoms with Crippen LogP contribution >= 0.6 is 0 Å². The van der Waals surface area contributed by atoms with Gasteiger partial charge in [-0.25, -0.2) is 4.98 Å². The van der Waals surface area contributed by atoms with Crippen molar-refractivity contribution < 1.29 is 10.0 Å². The average molecular weight is 454 g/mol. The van der Waals surface area contributed by atoms with Crippen LogP contribution in [-0.2, 0) is 11.3 Å². The predicted octanol–water partition coefficient (Wildman–Crippen LogP) is 4.72. The molecule has 33 heavy (non-hydrogen) atoms. The summed E-state index contributed by atoms with van der Waals surface area (Å²) in [4.78, 5) is 19.1. The summed E-state index contributed by atoms with van der Waals surface area (Å²) in [6.45, 7) is 11.2. The predicted molar refractivity (Wildman–Crippen MR) is 132 cm³/mol. The summed E-state index contributed by atoms with van der Waals surface area (Å²) in [7, 11) is 0. The van der Waals surface area contributed by atoms with Crippen LogP contribution in [0, 0.1) is 11.3 Å². The van der Waals surface area contributed by atoms with E-state index in [-0.39, 0.29) is 5.91 Å². The fraction of sp³-hybridized carbons (Fsp3) is 0.654. The molecule has 1 saturated carbocycles. The monoisotopic (exact) mass is 453 g/mol. The minimum atomic E-state index is -0.0765. The second kappa shape index (κ2) is 9.84. The molecule has 0 spiro atoms. The minimum Gasteiger partial charge on any atom is -0.411 e. The fourth-order valence-corrected chi connectivity index (χ4v) is 6.01. The van der Waals surface area contributed by atoms with E-state index in [1.54, 1.807) is 0 Å². The first-order valence-electron chi connectivity index (χ1n) is 12.4. The molecule has 0 atom stereocenters. The molecular formula is C26H39N5O2. The van der Waals surface area contributed by atoms with Gasteiger partial charge < -0.3 is 20.0 Å². The molecule has 2 aromatic heterocycles. The van der Waals surface area contributed by atoms with Gasteiger partial charge in [-0.1, -0.05) is 25.9 Å². The van der Waals surface area contributed by atoms with Crippen LogP contribution in [0.15, 0.2) is 23.5 Å². The number of aromatic nitrogens is 2. The van der Waals surface area contributed by atoms with Crippen molar-refractivity contribution in [2.24, 2.45) is 16.5 Å². The summed E-state index contributed by atoms with van der Waals surface area (Å²) in [5.74, 6) is 0.763. The third-order valence-corrected chi connectivity index (χ3v) is 7.90. The Morgan fingerprint density at radius 2 is 1.88 bits per heavy atom. The molecule has 2 N–H and O–H groups in total. The van der Waals surface area contributed by atoms with Crippen LogP contribution < -0.4 is 5.32 Å². The Morgan fingerprint density at radius 3 is 2.48 bits per heavy atom. The first kappa shape index (κ1) is 23.7. The third kappa shape index (κ3) is 5.08. The molecule has 1 aliphatic heterocycles. The maximum atomic E-state index is 11.7. The molecule has 2 aromatic rings.